The molecular weight excluding hydrogens is 508 g/mol. The molecule has 2 heterocycles. The summed E-state index contributed by atoms with van der Waals surface area (Å²) in [7, 11) is 3.11. The molecule has 10 heteroatoms. The van der Waals surface area contributed by atoms with Crippen LogP contribution in [0.25, 0.3) is 16.9 Å². The van der Waals surface area contributed by atoms with Crippen LogP contribution in [0.4, 0.5) is 5.95 Å². The van der Waals surface area contributed by atoms with E-state index >= 15 is 0 Å². The van der Waals surface area contributed by atoms with Crippen LogP contribution in [0.1, 0.15) is 24.4 Å². The molecule has 0 fully saturated rings. The molecule has 0 aliphatic heterocycles. The number of methoxy groups -OCH3 is 2. The summed E-state index contributed by atoms with van der Waals surface area (Å²) in [4.78, 5) is 32.3. The van der Waals surface area contributed by atoms with Crippen LogP contribution >= 0.6 is 11.6 Å². The molecule has 2 aromatic carbocycles. The summed E-state index contributed by atoms with van der Waals surface area (Å²) in [6.45, 7) is 4.16. The van der Waals surface area contributed by atoms with Gasteiger partial charge in [0.15, 0.2) is 17.3 Å². The molecule has 2 aromatic heterocycles. The number of hydrogen-bond acceptors (Lipinski definition) is 6. The molecule has 2 amide bonds. The van der Waals surface area contributed by atoms with Crippen molar-refractivity contribution >= 4 is 29.4 Å². The van der Waals surface area contributed by atoms with Crippen molar-refractivity contribution in [3.63, 3.8) is 0 Å². The van der Waals surface area contributed by atoms with Crippen molar-refractivity contribution in [2.75, 3.05) is 32.6 Å². The van der Waals surface area contributed by atoms with E-state index in [1.165, 1.54) is 11.2 Å². The molecular formula is C28H29ClN4O5. The van der Waals surface area contributed by atoms with Crippen molar-refractivity contribution in [1.29, 1.82) is 0 Å². The number of anilines is 1. The molecule has 0 atom stereocenters. The molecule has 9 nitrogen and oxygen atoms in total. The number of benzene rings is 2. The van der Waals surface area contributed by atoms with E-state index in [0.29, 0.717) is 34.4 Å². The van der Waals surface area contributed by atoms with Crippen LogP contribution in [0.3, 0.4) is 0 Å². The molecule has 198 valence electrons. The quantitative estimate of drug-likeness (QED) is 0.286. The highest BCUT2D eigenvalue weighted by Crippen LogP contribution is 2.32. The van der Waals surface area contributed by atoms with Crippen molar-refractivity contribution in [3.8, 4) is 28.4 Å². The summed E-state index contributed by atoms with van der Waals surface area (Å²) < 4.78 is 17.8. The summed E-state index contributed by atoms with van der Waals surface area (Å²) >= 11 is 6.06. The Hall–Kier alpha value is -4.24. The van der Waals surface area contributed by atoms with E-state index < -0.39 is 5.91 Å². The molecule has 0 aliphatic rings. The van der Waals surface area contributed by atoms with E-state index in [1.807, 2.05) is 32.0 Å². The van der Waals surface area contributed by atoms with E-state index in [2.05, 4.69) is 10.3 Å². The Morgan fingerprint density at radius 3 is 2.45 bits per heavy atom. The maximum atomic E-state index is 13.2. The first-order valence-corrected chi connectivity index (χ1v) is 12.4. The fraction of sp³-hybridized carbons (Fsp3) is 0.250. The molecule has 38 heavy (non-hydrogen) atoms. The second kappa shape index (κ2) is 11.9. The van der Waals surface area contributed by atoms with Crippen LogP contribution in [0.5, 0.6) is 11.5 Å². The van der Waals surface area contributed by atoms with Crippen molar-refractivity contribution < 1.29 is 23.5 Å². The van der Waals surface area contributed by atoms with Gasteiger partial charge < -0.3 is 18.8 Å². The Balaban J connectivity index is 1.67. The minimum absolute atomic E-state index is 0.145. The molecule has 0 saturated heterocycles. The maximum Gasteiger partial charge on any atom is 0.290 e. The average Bonchev–Trinajstić information content (AvgIpc) is 3.58. The van der Waals surface area contributed by atoms with E-state index in [9.17, 15) is 9.59 Å². The lowest BCUT2D eigenvalue weighted by Gasteiger charge is -2.23. The van der Waals surface area contributed by atoms with Gasteiger partial charge in [-0.05, 0) is 42.3 Å². The summed E-state index contributed by atoms with van der Waals surface area (Å²) in [5.74, 6) is 0.936. The molecule has 0 bridgehead atoms. The smallest absolute Gasteiger partial charge is 0.290 e. The topological polar surface area (TPSA) is 98.8 Å². The van der Waals surface area contributed by atoms with Crippen molar-refractivity contribution in [1.82, 2.24) is 14.5 Å². The number of nitrogens with one attached hydrogen (secondary N) is 1. The number of carbonyl (C=O) groups is 2. The average molecular weight is 537 g/mol. The van der Waals surface area contributed by atoms with Crippen LogP contribution < -0.4 is 14.8 Å². The number of furan rings is 1. The van der Waals surface area contributed by atoms with Gasteiger partial charge in [0.2, 0.25) is 11.9 Å². The summed E-state index contributed by atoms with van der Waals surface area (Å²) in [6, 6.07) is 15.8. The zero-order valence-electron chi connectivity index (χ0n) is 21.6. The van der Waals surface area contributed by atoms with Gasteiger partial charge in [0.05, 0.1) is 31.9 Å². The summed E-state index contributed by atoms with van der Waals surface area (Å²) in [5, 5.41) is 3.48. The third-order valence-corrected chi connectivity index (χ3v) is 5.93. The number of rotatable bonds is 10. The highest BCUT2D eigenvalue weighted by molar-refractivity contribution is 6.30. The molecule has 0 unspecified atom stereocenters. The Morgan fingerprint density at radius 2 is 1.82 bits per heavy atom. The first-order chi connectivity index (χ1) is 18.3. The van der Waals surface area contributed by atoms with Gasteiger partial charge in [0.25, 0.3) is 5.91 Å². The third-order valence-electron chi connectivity index (χ3n) is 5.68. The van der Waals surface area contributed by atoms with E-state index in [4.69, 9.17) is 25.5 Å². The Morgan fingerprint density at radius 1 is 1.08 bits per heavy atom. The van der Waals surface area contributed by atoms with Crippen LogP contribution in [-0.4, -0.2) is 53.6 Å². The van der Waals surface area contributed by atoms with Gasteiger partial charge in [0.1, 0.15) is 6.54 Å². The number of hydrogen-bond donors (Lipinski definition) is 1. The lowest BCUT2D eigenvalue weighted by Crippen LogP contribution is -2.40. The first kappa shape index (κ1) is 26.8. The minimum Gasteiger partial charge on any atom is -0.493 e. The summed E-state index contributed by atoms with van der Waals surface area (Å²) in [6.07, 6.45) is 3.24. The molecule has 0 saturated carbocycles. The molecule has 0 spiro atoms. The standard InChI is InChI=1S/C28H29ClN4O5/c1-18(2)15-32(27(35)24-6-5-13-38-24)17-26(34)31-28-30-22(19-7-9-20(29)10-8-19)16-33(28)21-11-12-23(36-3)25(14-21)37-4/h5-14,16,18H,15,17H2,1-4H3,(H,30,31,34). The Bertz CT molecular complexity index is 1400. The number of carbonyl (C=O) groups excluding carboxylic acids is 2. The molecule has 1 N–H and O–H groups in total. The molecule has 0 aliphatic carbocycles. The largest absolute Gasteiger partial charge is 0.493 e. The van der Waals surface area contributed by atoms with Crippen LogP contribution in [0.2, 0.25) is 5.02 Å². The number of aromatic nitrogens is 2. The van der Waals surface area contributed by atoms with Gasteiger partial charge in [-0.15, -0.1) is 0 Å². The van der Waals surface area contributed by atoms with Gasteiger partial charge in [-0.3, -0.25) is 19.5 Å². The van der Waals surface area contributed by atoms with Crippen molar-refractivity contribution in [2.45, 2.75) is 13.8 Å². The van der Waals surface area contributed by atoms with Crippen molar-refractivity contribution in [2.24, 2.45) is 5.92 Å². The minimum atomic E-state index is -0.402. The molecule has 0 radical (unpaired) electrons. The summed E-state index contributed by atoms with van der Waals surface area (Å²) in [5.41, 5.74) is 2.13. The van der Waals surface area contributed by atoms with Gasteiger partial charge in [-0.2, -0.15) is 0 Å². The highest BCUT2D eigenvalue weighted by atomic mass is 35.5. The lowest BCUT2D eigenvalue weighted by molar-refractivity contribution is -0.117. The monoisotopic (exact) mass is 536 g/mol. The van der Waals surface area contributed by atoms with Gasteiger partial charge in [-0.1, -0.05) is 37.6 Å². The van der Waals surface area contributed by atoms with Gasteiger partial charge in [-0.25, -0.2) is 4.98 Å². The number of imidazole rings is 1. The lowest BCUT2D eigenvalue weighted by atomic mass is 10.2. The first-order valence-electron chi connectivity index (χ1n) is 12.0. The number of ether oxygens (including phenoxy) is 2. The molecule has 4 aromatic rings. The van der Waals surface area contributed by atoms with E-state index in [0.717, 1.165) is 5.56 Å². The predicted molar refractivity (Wildman–Crippen MR) is 145 cm³/mol. The zero-order chi connectivity index (χ0) is 27.2. The number of nitrogens with zero attached hydrogens (tertiary/aromatic N) is 3. The van der Waals surface area contributed by atoms with Crippen LogP contribution in [-0.2, 0) is 4.79 Å². The maximum absolute atomic E-state index is 13.2. The second-order valence-corrected chi connectivity index (χ2v) is 9.41. The zero-order valence-corrected chi connectivity index (χ0v) is 22.4. The normalized spacial score (nSPS) is 10.9. The van der Waals surface area contributed by atoms with E-state index in [-0.39, 0.29) is 30.1 Å². The molecule has 4 rings (SSSR count). The van der Waals surface area contributed by atoms with E-state index in [1.54, 1.807) is 61.4 Å². The van der Waals surface area contributed by atoms with Gasteiger partial charge >= 0.3 is 0 Å². The second-order valence-electron chi connectivity index (χ2n) is 8.97. The van der Waals surface area contributed by atoms with Crippen LogP contribution in [0.15, 0.2) is 71.5 Å². The SMILES string of the molecule is COc1ccc(-n2cc(-c3ccc(Cl)cc3)nc2NC(=O)CN(CC(C)C)C(=O)c2ccco2)cc1OC. The fourth-order valence-electron chi connectivity index (χ4n) is 3.95. The fourth-order valence-corrected chi connectivity index (χ4v) is 4.08. The van der Waals surface area contributed by atoms with Crippen molar-refractivity contribution in [3.05, 3.63) is 77.8 Å². The Labute approximate surface area is 225 Å². The number of amides is 2. The Kier molecular flexibility index (Phi) is 8.38. The van der Waals surface area contributed by atoms with Crippen LogP contribution in [0, 0.1) is 5.92 Å². The third kappa shape index (κ3) is 6.18. The predicted octanol–water partition coefficient (Wildman–Crippen LogP) is 5.54. The number of halogens is 1. The highest BCUT2D eigenvalue weighted by Gasteiger charge is 2.23. The van der Waals surface area contributed by atoms with Gasteiger partial charge in [0, 0.05) is 29.4 Å².